The van der Waals surface area contributed by atoms with E-state index in [4.69, 9.17) is 21.1 Å². The summed E-state index contributed by atoms with van der Waals surface area (Å²) >= 11 is 6.07. The highest BCUT2D eigenvalue weighted by molar-refractivity contribution is 6.31. The van der Waals surface area contributed by atoms with Gasteiger partial charge in [0.25, 0.3) is 0 Å². The van der Waals surface area contributed by atoms with E-state index >= 15 is 0 Å². The number of aryl methyl sites for hydroxylation is 1. The van der Waals surface area contributed by atoms with Gasteiger partial charge in [-0.05, 0) is 50.3 Å². The van der Waals surface area contributed by atoms with Crippen molar-refractivity contribution in [2.24, 2.45) is 5.92 Å². The van der Waals surface area contributed by atoms with Crippen LogP contribution in [-0.2, 0) is 4.74 Å². The van der Waals surface area contributed by atoms with Crippen LogP contribution < -0.4 is 20.7 Å². The van der Waals surface area contributed by atoms with Gasteiger partial charge in [-0.2, -0.15) is 0 Å². The first-order chi connectivity index (χ1) is 16.0. The molecule has 1 aliphatic carbocycles. The highest BCUT2D eigenvalue weighted by atomic mass is 35.5. The van der Waals surface area contributed by atoms with Crippen LogP contribution in [0.2, 0.25) is 5.02 Å². The first-order valence-electron chi connectivity index (χ1n) is 11.2. The van der Waals surface area contributed by atoms with Gasteiger partial charge in [-0.3, -0.25) is 10.3 Å². The number of hydrogen-bond donors (Lipinski definition) is 3. The number of hydrogen-bond acceptors (Lipinski definition) is 6. The third-order valence-corrected chi connectivity index (χ3v) is 5.47. The van der Waals surface area contributed by atoms with Crippen molar-refractivity contribution >= 4 is 35.2 Å². The van der Waals surface area contributed by atoms with Gasteiger partial charge in [-0.25, -0.2) is 14.6 Å². The van der Waals surface area contributed by atoms with E-state index in [-0.39, 0.29) is 0 Å². The van der Waals surface area contributed by atoms with Crippen LogP contribution in [0.1, 0.15) is 44.2 Å². The summed E-state index contributed by atoms with van der Waals surface area (Å²) in [6, 6.07) is 4.45. The number of nitrogens with zero attached hydrogens (tertiary/aromatic N) is 2. The smallest absolute Gasteiger partial charge is 0.407 e. The zero-order valence-electron chi connectivity index (χ0n) is 18.7. The second-order valence-corrected chi connectivity index (χ2v) is 8.43. The van der Waals surface area contributed by atoms with E-state index in [2.05, 4.69) is 25.9 Å². The monoisotopic (exact) mass is 475 g/mol. The highest BCUT2D eigenvalue weighted by Crippen LogP contribution is 2.28. The zero-order valence-corrected chi connectivity index (χ0v) is 19.5. The van der Waals surface area contributed by atoms with Crippen LogP contribution in [0.4, 0.5) is 21.1 Å². The predicted molar refractivity (Wildman–Crippen MR) is 127 cm³/mol. The molecule has 3 amide bonds. The Hall–Kier alpha value is -3.07. The van der Waals surface area contributed by atoms with Gasteiger partial charge in [-0.15, -0.1) is 0 Å². The van der Waals surface area contributed by atoms with E-state index in [9.17, 15) is 9.59 Å². The van der Waals surface area contributed by atoms with E-state index in [1.165, 1.54) is 25.5 Å². The lowest BCUT2D eigenvalue weighted by molar-refractivity contribution is 0.115. The SMILES string of the molecule is Cc1cnc(NC(=O)Nc2cc(Cl)ccc2OCCCNC(=O)OCC2CCCCC2)cn1. The molecule has 2 aromatic rings. The molecule has 1 heterocycles. The second-order valence-electron chi connectivity index (χ2n) is 7.99. The third-order valence-electron chi connectivity index (χ3n) is 5.24. The fourth-order valence-electron chi connectivity index (χ4n) is 3.50. The number of anilines is 2. The minimum Gasteiger partial charge on any atom is -0.491 e. The largest absolute Gasteiger partial charge is 0.491 e. The number of amides is 3. The lowest BCUT2D eigenvalue weighted by Crippen LogP contribution is -2.28. The van der Waals surface area contributed by atoms with Gasteiger partial charge >= 0.3 is 12.1 Å². The lowest BCUT2D eigenvalue weighted by atomic mass is 9.90. The number of rotatable bonds is 9. The van der Waals surface area contributed by atoms with Crippen molar-refractivity contribution < 1.29 is 19.1 Å². The molecule has 0 unspecified atom stereocenters. The molecule has 1 aromatic heterocycles. The topological polar surface area (TPSA) is 114 Å². The Morgan fingerprint density at radius 2 is 1.94 bits per heavy atom. The summed E-state index contributed by atoms with van der Waals surface area (Å²) in [5.74, 6) is 1.27. The predicted octanol–water partition coefficient (Wildman–Crippen LogP) is 5.16. The molecule has 0 bridgehead atoms. The number of halogens is 1. The molecule has 33 heavy (non-hydrogen) atoms. The summed E-state index contributed by atoms with van der Waals surface area (Å²) in [6.45, 7) is 3.05. The summed E-state index contributed by atoms with van der Waals surface area (Å²) in [4.78, 5) is 32.3. The quantitative estimate of drug-likeness (QED) is 0.431. The molecule has 0 saturated heterocycles. The van der Waals surface area contributed by atoms with Gasteiger partial charge in [0.15, 0.2) is 5.82 Å². The molecular weight excluding hydrogens is 446 g/mol. The molecule has 178 valence electrons. The van der Waals surface area contributed by atoms with Gasteiger partial charge in [0.2, 0.25) is 0 Å². The van der Waals surface area contributed by atoms with E-state index in [1.807, 2.05) is 6.92 Å². The molecule has 0 spiro atoms. The Morgan fingerprint density at radius 3 is 2.70 bits per heavy atom. The molecule has 3 N–H and O–H groups in total. The normalized spacial score (nSPS) is 13.8. The maximum absolute atomic E-state index is 12.3. The van der Waals surface area contributed by atoms with E-state index < -0.39 is 12.1 Å². The molecule has 10 heteroatoms. The minimum atomic E-state index is -0.498. The Bertz CT molecular complexity index is 920. The number of carbonyl (C=O) groups excluding carboxylic acids is 2. The Morgan fingerprint density at radius 1 is 1.12 bits per heavy atom. The van der Waals surface area contributed by atoms with Gasteiger partial charge in [-0.1, -0.05) is 30.9 Å². The Kier molecular flexibility index (Phi) is 9.56. The highest BCUT2D eigenvalue weighted by Gasteiger charge is 2.15. The van der Waals surface area contributed by atoms with Crippen LogP contribution in [0, 0.1) is 12.8 Å². The van der Waals surface area contributed by atoms with Crippen molar-refractivity contribution in [2.45, 2.75) is 45.4 Å². The summed E-state index contributed by atoms with van der Waals surface area (Å²) in [5.41, 5.74) is 1.17. The summed E-state index contributed by atoms with van der Waals surface area (Å²) in [6.07, 6.45) is 9.19. The summed E-state index contributed by atoms with van der Waals surface area (Å²) in [7, 11) is 0. The van der Waals surface area contributed by atoms with E-state index in [1.54, 1.807) is 24.4 Å². The number of carbonyl (C=O) groups is 2. The molecule has 0 atom stereocenters. The number of benzene rings is 1. The van der Waals surface area contributed by atoms with E-state index in [0.717, 1.165) is 18.5 Å². The maximum Gasteiger partial charge on any atom is 0.407 e. The summed E-state index contributed by atoms with van der Waals surface area (Å²) < 4.78 is 11.1. The molecule has 3 rings (SSSR count). The maximum atomic E-state index is 12.3. The molecule has 9 nitrogen and oxygen atoms in total. The minimum absolute atomic E-state index is 0.323. The molecule has 1 aliphatic rings. The molecule has 1 fully saturated rings. The molecule has 0 aliphatic heterocycles. The van der Waals surface area contributed by atoms with Crippen molar-refractivity contribution in [2.75, 3.05) is 30.4 Å². The van der Waals surface area contributed by atoms with Crippen molar-refractivity contribution in [3.05, 3.63) is 41.3 Å². The van der Waals surface area contributed by atoms with Crippen LogP contribution in [0.25, 0.3) is 0 Å². The molecule has 1 saturated carbocycles. The fourth-order valence-corrected chi connectivity index (χ4v) is 3.67. The van der Waals surface area contributed by atoms with Crippen LogP contribution in [-0.4, -0.2) is 41.9 Å². The number of urea groups is 1. The Balaban J connectivity index is 1.39. The molecule has 1 aromatic carbocycles. The van der Waals surface area contributed by atoms with Crippen LogP contribution in [0.3, 0.4) is 0 Å². The van der Waals surface area contributed by atoms with Crippen molar-refractivity contribution in [1.82, 2.24) is 15.3 Å². The van der Waals surface area contributed by atoms with Crippen LogP contribution >= 0.6 is 11.6 Å². The zero-order chi connectivity index (χ0) is 23.5. The second kappa shape index (κ2) is 12.8. The Labute approximate surface area is 198 Å². The number of nitrogens with one attached hydrogen (secondary N) is 3. The lowest BCUT2D eigenvalue weighted by Gasteiger charge is -2.21. The molecule has 0 radical (unpaired) electrons. The van der Waals surface area contributed by atoms with Gasteiger partial charge < -0.3 is 20.1 Å². The first kappa shape index (κ1) is 24.6. The average molecular weight is 476 g/mol. The number of alkyl carbamates (subject to hydrolysis) is 1. The van der Waals surface area contributed by atoms with Crippen LogP contribution in [0.5, 0.6) is 5.75 Å². The molecular formula is C23H30ClN5O4. The van der Waals surface area contributed by atoms with Crippen molar-refractivity contribution in [3.63, 3.8) is 0 Å². The van der Waals surface area contributed by atoms with Gasteiger partial charge in [0.1, 0.15) is 5.75 Å². The van der Waals surface area contributed by atoms with Gasteiger partial charge in [0.05, 0.1) is 37.0 Å². The van der Waals surface area contributed by atoms with E-state index in [0.29, 0.717) is 54.4 Å². The third kappa shape index (κ3) is 8.76. The van der Waals surface area contributed by atoms with Crippen molar-refractivity contribution in [1.29, 1.82) is 0 Å². The van der Waals surface area contributed by atoms with Crippen molar-refractivity contribution in [3.8, 4) is 5.75 Å². The standard InChI is InChI=1S/C23H30ClN5O4/c1-16-13-27-21(14-26-16)29-22(30)28-19-12-18(24)8-9-20(19)32-11-5-10-25-23(31)33-15-17-6-3-2-4-7-17/h8-9,12-14,17H,2-7,10-11,15H2,1H3,(H,25,31)(H2,27,28,29,30). The number of aromatic nitrogens is 2. The van der Waals surface area contributed by atoms with Gasteiger partial charge in [0, 0.05) is 11.6 Å². The first-order valence-corrected chi connectivity index (χ1v) is 11.6. The summed E-state index contributed by atoms with van der Waals surface area (Å²) in [5, 5.41) is 8.50. The van der Waals surface area contributed by atoms with Crippen LogP contribution in [0.15, 0.2) is 30.6 Å². The fraction of sp³-hybridized carbons (Fsp3) is 0.478. The number of ether oxygens (including phenoxy) is 2. The average Bonchev–Trinajstić information content (AvgIpc) is 2.81.